The van der Waals surface area contributed by atoms with Crippen LogP contribution in [0.4, 0.5) is 0 Å². The summed E-state index contributed by atoms with van der Waals surface area (Å²) in [6.07, 6.45) is 6.71. The van der Waals surface area contributed by atoms with E-state index in [2.05, 4.69) is 44.8 Å². The molecule has 0 aromatic heterocycles. The van der Waals surface area contributed by atoms with Gasteiger partial charge < -0.3 is 5.32 Å². The Hall–Kier alpha value is 0.310. The van der Waals surface area contributed by atoms with Crippen molar-refractivity contribution in [1.29, 1.82) is 0 Å². The van der Waals surface area contributed by atoms with Crippen molar-refractivity contribution in [1.82, 2.24) is 5.32 Å². The lowest BCUT2D eigenvalue weighted by Crippen LogP contribution is -2.45. The third kappa shape index (κ3) is 4.67. The average molecular weight is 243 g/mol. The molecule has 0 heterocycles. The van der Waals surface area contributed by atoms with Crippen LogP contribution in [0.25, 0.3) is 0 Å². The quantitative estimate of drug-likeness (QED) is 0.754. The number of rotatable bonds is 6. The maximum atomic E-state index is 3.75. The number of hydrogen-bond donors (Lipinski definition) is 1. The zero-order chi connectivity index (χ0) is 12.0. The summed E-state index contributed by atoms with van der Waals surface area (Å²) in [5.41, 5.74) is 0.565. The van der Waals surface area contributed by atoms with Crippen molar-refractivity contribution in [2.75, 3.05) is 12.3 Å². The molecule has 0 aromatic carbocycles. The van der Waals surface area contributed by atoms with E-state index in [1.807, 2.05) is 0 Å². The van der Waals surface area contributed by atoms with Gasteiger partial charge in [0.05, 0.1) is 0 Å². The summed E-state index contributed by atoms with van der Waals surface area (Å²) >= 11 is 2.20. The maximum Gasteiger partial charge on any atom is 0.0206 e. The zero-order valence-electron chi connectivity index (χ0n) is 11.5. The second kappa shape index (κ2) is 6.90. The first kappa shape index (κ1) is 14.4. The second-order valence-electron chi connectivity index (χ2n) is 5.88. The molecular weight excluding hydrogens is 214 g/mol. The van der Waals surface area contributed by atoms with E-state index in [-0.39, 0.29) is 0 Å². The molecule has 0 aromatic rings. The highest BCUT2D eigenvalue weighted by molar-refractivity contribution is 7.99. The molecule has 0 radical (unpaired) electrons. The minimum Gasteiger partial charge on any atom is -0.313 e. The van der Waals surface area contributed by atoms with Crippen molar-refractivity contribution in [2.24, 2.45) is 5.41 Å². The molecule has 2 heteroatoms. The standard InChI is InChI=1S/C14H29NS/c1-5-9-15-12-7-8-14(3,4)11-13(12)16-10-6-2/h12-13,15H,5-11H2,1-4H3. The Morgan fingerprint density at radius 1 is 1.25 bits per heavy atom. The van der Waals surface area contributed by atoms with Gasteiger partial charge in [-0.05, 0) is 49.8 Å². The highest BCUT2D eigenvalue weighted by atomic mass is 32.2. The summed E-state index contributed by atoms with van der Waals surface area (Å²) in [7, 11) is 0. The lowest BCUT2D eigenvalue weighted by atomic mass is 9.75. The molecule has 1 aliphatic rings. The van der Waals surface area contributed by atoms with E-state index in [1.54, 1.807) is 0 Å². The van der Waals surface area contributed by atoms with E-state index in [9.17, 15) is 0 Å². The van der Waals surface area contributed by atoms with E-state index in [0.717, 1.165) is 11.3 Å². The van der Waals surface area contributed by atoms with E-state index < -0.39 is 0 Å². The molecular formula is C14H29NS. The Morgan fingerprint density at radius 2 is 2.00 bits per heavy atom. The molecule has 2 unspecified atom stereocenters. The fraction of sp³-hybridized carbons (Fsp3) is 1.00. The van der Waals surface area contributed by atoms with Crippen LogP contribution < -0.4 is 5.32 Å². The number of nitrogens with one attached hydrogen (secondary N) is 1. The molecule has 1 nitrogen and oxygen atoms in total. The van der Waals surface area contributed by atoms with Gasteiger partial charge in [0.25, 0.3) is 0 Å². The monoisotopic (exact) mass is 243 g/mol. The molecule has 0 saturated heterocycles. The summed E-state index contributed by atoms with van der Waals surface area (Å²) in [6, 6.07) is 0.768. The lowest BCUT2D eigenvalue weighted by Gasteiger charge is -2.41. The smallest absolute Gasteiger partial charge is 0.0206 e. The molecule has 16 heavy (non-hydrogen) atoms. The van der Waals surface area contributed by atoms with E-state index in [1.165, 1.54) is 44.4 Å². The van der Waals surface area contributed by atoms with Crippen LogP contribution >= 0.6 is 11.8 Å². The minimum absolute atomic E-state index is 0.565. The highest BCUT2D eigenvalue weighted by Crippen LogP contribution is 2.40. The highest BCUT2D eigenvalue weighted by Gasteiger charge is 2.34. The van der Waals surface area contributed by atoms with Gasteiger partial charge in [-0.15, -0.1) is 0 Å². The van der Waals surface area contributed by atoms with Crippen LogP contribution in [-0.2, 0) is 0 Å². The van der Waals surface area contributed by atoms with E-state index in [0.29, 0.717) is 5.41 Å². The van der Waals surface area contributed by atoms with Crippen molar-refractivity contribution >= 4 is 11.8 Å². The molecule has 1 aliphatic carbocycles. The van der Waals surface area contributed by atoms with E-state index >= 15 is 0 Å². The van der Waals surface area contributed by atoms with Crippen molar-refractivity contribution in [2.45, 2.75) is 71.1 Å². The molecule has 2 atom stereocenters. The van der Waals surface area contributed by atoms with Gasteiger partial charge in [-0.1, -0.05) is 27.7 Å². The number of thioether (sulfide) groups is 1. The van der Waals surface area contributed by atoms with Crippen LogP contribution in [0.5, 0.6) is 0 Å². The molecule has 1 saturated carbocycles. The Morgan fingerprint density at radius 3 is 2.62 bits per heavy atom. The Balaban J connectivity index is 2.46. The van der Waals surface area contributed by atoms with Crippen LogP contribution in [0.1, 0.15) is 59.8 Å². The Kier molecular flexibility index (Phi) is 6.20. The van der Waals surface area contributed by atoms with Crippen molar-refractivity contribution in [3.63, 3.8) is 0 Å². The van der Waals surface area contributed by atoms with Crippen molar-refractivity contribution in [3.05, 3.63) is 0 Å². The predicted molar refractivity (Wildman–Crippen MR) is 76.3 cm³/mol. The normalized spacial score (nSPS) is 29.2. The molecule has 1 fully saturated rings. The largest absolute Gasteiger partial charge is 0.313 e. The molecule has 0 amide bonds. The van der Waals surface area contributed by atoms with Gasteiger partial charge in [-0.3, -0.25) is 0 Å². The fourth-order valence-corrected chi connectivity index (χ4v) is 4.10. The van der Waals surface area contributed by atoms with Crippen LogP contribution in [0.3, 0.4) is 0 Å². The SMILES string of the molecule is CCCNC1CCC(C)(C)CC1SCCC. The summed E-state index contributed by atoms with van der Waals surface area (Å²) in [4.78, 5) is 0. The molecule has 1 N–H and O–H groups in total. The van der Waals surface area contributed by atoms with Gasteiger partial charge in [0.1, 0.15) is 0 Å². The Labute approximate surface area is 106 Å². The third-order valence-corrected chi connectivity index (χ3v) is 5.09. The number of hydrogen-bond acceptors (Lipinski definition) is 2. The van der Waals surface area contributed by atoms with Gasteiger partial charge in [0, 0.05) is 11.3 Å². The maximum absolute atomic E-state index is 3.75. The van der Waals surface area contributed by atoms with Gasteiger partial charge in [0.2, 0.25) is 0 Å². The van der Waals surface area contributed by atoms with E-state index in [4.69, 9.17) is 0 Å². The molecule has 96 valence electrons. The summed E-state index contributed by atoms with van der Waals surface area (Å²) in [5, 5.41) is 4.59. The minimum atomic E-state index is 0.565. The average Bonchev–Trinajstić information content (AvgIpc) is 2.24. The molecule has 0 bridgehead atoms. The fourth-order valence-electron chi connectivity index (χ4n) is 2.53. The van der Waals surface area contributed by atoms with Gasteiger partial charge in [-0.2, -0.15) is 11.8 Å². The molecule has 1 rings (SSSR count). The topological polar surface area (TPSA) is 12.0 Å². The molecule has 0 spiro atoms. The van der Waals surface area contributed by atoms with Crippen LogP contribution in [0.15, 0.2) is 0 Å². The first-order valence-corrected chi connectivity index (χ1v) is 7.99. The second-order valence-corrected chi connectivity index (χ2v) is 7.22. The predicted octanol–water partition coefficient (Wildman–Crippen LogP) is 4.08. The van der Waals surface area contributed by atoms with Crippen LogP contribution in [0, 0.1) is 5.41 Å². The summed E-state index contributed by atoms with van der Waals surface area (Å²) in [5.74, 6) is 1.32. The van der Waals surface area contributed by atoms with Crippen LogP contribution in [0.2, 0.25) is 0 Å². The summed E-state index contributed by atoms with van der Waals surface area (Å²) in [6.45, 7) is 10.6. The Bertz CT molecular complexity index is 191. The molecule has 0 aliphatic heterocycles. The van der Waals surface area contributed by atoms with Gasteiger partial charge >= 0.3 is 0 Å². The third-order valence-electron chi connectivity index (χ3n) is 3.53. The van der Waals surface area contributed by atoms with Crippen molar-refractivity contribution in [3.8, 4) is 0 Å². The first-order valence-electron chi connectivity index (χ1n) is 6.94. The van der Waals surface area contributed by atoms with Crippen LogP contribution in [-0.4, -0.2) is 23.6 Å². The zero-order valence-corrected chi connectivity index (χ0v) is 12.3. The van der Waals surface area contributed by atoms with Gasteiger partial charge in [0.15, 0.2) is 0 Å². The van der Waals surface area contributed by atoms with Gasteiger partial charge in [-0.25, -0.2) is 0 Å². The summed E-state index contributed by atoms with van der Waals surface area (Å²) < 4.78 is 0. The lowest BCUT2D eigenvalue weighted by molar-refractivity contribution is 0.214. The first-order chi connectivity index (χ1) is 7.59. The van der Waals surface area contributed by atoms with Crippen molar-refractivity contribution < 1.29 is 0 Å².